The Morgan fingerprint density at radius 1 is 1.28 bits per heavy atom. The lowest BCUT2D eigenvalue weighted by molar-refractivity contribution is -0.115. The molecule has 1 fully saturated rings. The third-order valence-corrected chi connectivity index (χ3v) is 4.59. The van der Waals surface area contributed by atoms with Gasteiger partial charge in [0.25, 0.3) is 5.91 Å². The highest BCUT2D eigenvalue weighted by Crippen LogP contribution is 2.32. The van der Waals surface area contributed by atoms with E-state index in [1.165, 1.54) is 11.8 Å². The molecule has 2 aromatic rings. The molecule has 1 saturated heterocycles. The fourth-order valence-corrected chi connectivity index (χ4v) is 3.33. The van der Waals surface area contributed by atoms with Gasteiger partial charge in [0.05, 0.1) is 10.6 Å². The summed E-state index contributed by atoms with van der Waals surface area (Å²) in [6.07, 6.45) is 1.73. The minimum atomic E-state index is -0.217. The number of halogens is 1. The molecule has 1 N–H and O–H groups in total. The van der Waals surface area contributed by atoms with Crippen LogP contribution in [0.25, 0.3) is 6.08 Å². The topological polar surface area (TPSA) is 74.5 Å². The van der Waals surface area contributed by atoms with Crippen molar-refractivity contribution in [3.8, 4) is 11.8 Å². The molecular weight excluding hydrogens is 402 g/mol. The summed E-state index contributed by atoms with van der Waals surface area (Å²) in [5, 5.41) is 12.0. The van der Waals surface area contributed by atoms with Crippen molar-refractivity contribution in [1.82, 2.24) is 5.32 Å². The van der Waals surface area contributed by atoms with Gasteiger partial charge in [0.15, 0.2) is 11.8 Å². The van der Waals surface area contributed by atoms with Crippen LogP contribution in [0, 0.1) is 11.3 Å². The van der Waals surface area contributed by atoms with Crippen molar-refractivity contribution >= 4 is 50.5 Å². The number of amidine groups is 1. The molecule has 0 radical (unpaired) electrons. The molecule has 1 heterocycles. The zero-order valence-electron chi connectivity index (χ0n) is 12.9. The molecule has 3 rings (SSSR count). The lowest BCUT2D eigenvalue weighted by Crippen LogP contribution is -2.19. The average molecular weight is 414 g/mol. The number of hydrogen-bond acceptors (Lipinski definition) is 5. The van der Waals surface area contributed by atoms with E-state index in [9.17, 15) is 4.79 Å². The van der Waals surface area contributed by atoms with E-state index >= 15 is 0 Å². The number of rotatable bonds is 4. The standard InChI is InChI=1S/C18H12BrN3O2S/c19-13-6-7-15(24-9-8-20)12(10-13)11-16-17(23)22-18(25-16)21-14-4-2-1-3-5-14/h1-7,10-11H,9H2,(H,21,22,23)/b16-11+. The monoisotopic (exact) mass is 413 g/mol. The van der Waals surface area contributed by atoms with Crippen molar-refractivity contribution in [1.29, 1.82) is 5.26 Å². The molecule has 5 nitrogen and oxygen atoms in total. The third kappa shape index (κ3) is 4.50. The van der Waals surface area contributed by atoms with Crippen LogP contribution in [0.4, 0.5) is 5.69 Å². The number of hydrogen-bond donors (Lipinski definition) is 1. The highest BCUT2D eigenvalue weighted by molar-refractivity contribution is 9.10. The highest BCUT2D eigenvalue weighted by atomic mass is 79.9. The van der Waals surface area contributed by atoms with Gasteiger partial charge in [-0.2, -0.15) is 5.26 Å². The first-order valence-electron chi connectivity index (χ1n) is 7.29. The molecule has 25 heavy (non-hydrogen) atoms. The van der Waals surface area contributed by atoms with E-state index in [-0.39, 0.29) is 12.5 Å². The van der Waals surface area contributed by atoms with E-state index in [0.29, 0.717) is 21.4 Å². The third-order valence-electron chi connectivity index (χ3n) is 3.19. The molecule has 1 aliphatic rings. The molecule has 0 atom stereocenters. The van der Waals surface area contributed by atoms with Gasteiger partial charge in [0, 0.05) is 10.0 Å². The van der Waals surface area contributed by atoms with Crippen LogP contribution >= 0.6 is 27.7 Å². The number of benzene rings is 2. The van der Waals surface area contributed by atoms with Crippen LogP contribution in [0.3, 0.4) is 0 Å². The molecule has 0 saturated carbocycles. The van der Waals surface area contributed by atoms with Crippen molar-refractivity contribution in [3.05, 3.63) is 63.5 Å². The number of nitriles is 1. The van der Waals surface area contributed by atoms with Crippen molar-refractivity contribution in [2.24, 2.45) is 4.99 Å². The zero-order chi connectivity index (χ0) is 17.6. The fourth-order valence-electron chi connectivity index (χ4n) is 2.12. The first-order valence-corrected chi connectivity index (χ1v) is 8.90. The minimum absolute atomic E-state index is 0.0577. The molecule has 0 aliphatic carbocycles. The molecule has 1 aliphatic heterocycles. The summed E-state index contributed by atoms with van der Waals surface area (Å²) in [6.45, 7) is -0.0577. The Bertz CT molecular complexity index is 904. The summed E-state index contributed by atoms with van der Waals surface area (Å²) in [4.78, 5) is 17.1. The van der Waals surface area contributed by atoms with Crippen molar-refractivity contribution < 1.29 is 9.53 Å². The van der Waals surface area contributed by atoms with E-state index in [0.717, 1.165) is 10.2 Å². The highest BCUT2D eigenvalue weighted by Gasteiger charge is 2.24. The lowest BCUT2D eigenvalue weighted by Gasteiger charge is -2.07. The number of carbonyl (C=O) groups is 1. The van der Waals surface area contributed by atoms with E-state index in [4.69, 9.17) is 10.00 Å². The first kappa shape index (κ1) is 17.3. The van der Waals surface area contributed by atoms with Gasteiger partial charge >= 0.3 is 0 Å². The van der Waals surface area contributed by atoms with Crippen LogP contribution in [-0.4, -0.2) is 17.7 Å². The summed E-state index contributed by atoms with van der Waals surface area (Å²) in [7, 11) is 0. The lowest BCUT2D eigenvalue weighted by atomic mass is 10.2. The van der Waals surface area contributed by atoms with Gasteiger partial charge < -0.3 is 10.1 Å². The summed E-state index contributed by atoms with van der Waals surface area (Å²) in [6, 6.07) is 16.8. The smallest absolute Gasteiger partial charge is 0.264 e. The number of carbonyl (C=O) groups excluding carboxylic acids is 1. The molecule has 0 bridgehead atoms. The zero-order valence-corrected chi connectivity index (χ0v) is 15.3. The molecule has 0 aromatic heterocycles. The van der Waals surface area contributed by atoms with Crippen LogP contribution in [-0.2, 0) is 4.79 Å². The Hall–Kier alpha value is -2.56. The van der Waals surface area contributed by atoms with Crippen LogP contribution in [0.15, 0.2) is 62.9 Å². The molecule has 0 spiro atoms. The van der Waals surface area contributed by atoms with Gasteiger partial charge in [-0.3, -0.25) is 4.79 Å². The number of amides is 1. The SMILES string of the molecule is N#CCOc1ccc(Br)cc1/C=C1/SC(=Nc2ccccc2)NC1=O. The van der Waals surface area contributed by atoms with Crippen molar-refractivity contribution in [2.45, 2.75) is 0 Å². The van der Waals surface area contributed by atoms with Gasteiger partial charge in [-0.1, -0.05) is 34.1 Å². The van der Waals surface area contributed by atoms with Gasteiger partial charge in [0.2, 0.25) is 0 Å². The summed E-state index contributed by atoms with van der Waals surface area (Å²) in [5.41, 5.74) is 1.48. The molecule has 0 unspecified atom stereocenters. The van der Waals surface area contributed by atoms with Crippen LogP contribution < -0.4 is 10.1 Å². The number of ether oxygens (including phenoxy) is 1. The second-order valence-electron chi connectivity index (χ2n) is 4.95. The Morgan fingerprint density at radius 2 is 2.08 bits per heavy atom. The van der Waals surface area contributed by atoms with E-state index in [1.54, 1.807) is 12.1 Å². The number of nitrogens with zero attached hydrogens (tertiary/aromatic N) is 2. The predicted molar refractivity (Wildman–Crippen MR) is 102 cm³/mol. The Balaban J connectivity index is 1.87. The summed E-state index contributed by atoms with van der Waals surface area (Å²) < 4.78 is 6.26. The van der Waals surface area contributed by atoms with Gasteiger partial charge in [-0.05, 0) is 48.2 Å². The summed E-state index contributed by atoms with van der Waals surface area (Å²) in [5.74, 6) is 0.324. The number of thioether (sulfide) groups is 1. The predicted octanol–water partition coefficient (Wildman–Crippen LogP) is 4.24. The van der Waals surface area contributed by atoms with Crippen LogP contribution in [0.5, 0.6) is 5.75 Å². The Morgan fingerprint density at radius 3 is 2.84 bits per heavy atom. The maximum Gasteiger partial charge on any atom is 0.264 e. The van der Waals surface area contributed by atoms with Gasteiger partial charge in [-0.25, -0.2) is 4.99 Å². The molecular formula is C18H12BrN3O2S. The van der Waals surface area contributed by atoms with Gasteiger partial charge in [-0.15, -0.1) is 0 Å². The number of para-hydroxylation sites is 1. The Kier molecular flexibility index (Phi) is 5.53. The van der Waals surface area contributed by atoms with Crippen LogP contribution in [0.1, 0.15) is 5.56 Å². The van der Waals surface area contributed by atoms with Gasteiger partial charge in [0.1, 0.15) is 11.8 Å². The average Bonchev–Trinajstić information content (AvgIpc) is 2.94. The summed E-state index contributed by atoms with van der Waals surface area (Å²) >= 11 is 4.67. The van der Waals surface area contributed by atoms with E-state index in [2.05, 4.69) is 26.2 Å². The second-order valence-corrected chi connectivity index (χ2v) is 6.89. The van der Waals surface area contributed by atoms with Crippen molar-refractivity contribution in [2.75, 3.05) is 6.61 Å². The molecule has 1 amide bonds. The van der Waals surface area contributed by atoms with Crippen molar-refractivity contribution in [3.63, 3.8) is 0 Å². The van der Waals surface area contributed by atoms with E-state index in [1.807, 2.05) is 48.5 Å². The molecule has 124 valence electrons. The van der Waals surface area contributed by atoms with Crippen LogP contribution in [0.2, 0.25) is 0 Å². The fraction of sp³-hybridized carbons (Fsp3) is 0.0556. The second kappa shape index (κ2) is 8.01. The number of aliphatic imine (C=N–C) groups is 1. The maximum atomic E-state index is 12.2. The molecule has 2 aromatic carbocycles. The largest absolute Gasteiger partial charge is 0.478 e. The minimum Gasteiger partial charge on any atom is -0.478 e. The first-order chi connectivity index (χ1) is 12.2. The maximum absolute atomic E-state index is 12.2. The number of nitrogens with one attached hydrogen (secondary N) is 1. The Labute approximate surface area is 157 Å². The van der Waals surface area contributed by atoms with E-state index < -0.39 is 0 Å². The normalized spacial score (nSPS) is 16.7. The quantitative estimate of drug-likeness (QED) is 0.760. The molecule has 7 heteroatoms.